The summed E-state index contributed by atoms with van der Waals surface area (Å²) in [6, 6.07) is 9.15. The van der Waals surface area contributed by atoms with Crippen molar-refractivity contribution in [1.82, 2.24) is 0 Å². The van der Waals surface area contributed by atoms with Crippen molar-refractivity contribution in [3.8, 4) is 0 Å². The van der Waals surface area contributed by atoms with Crippen LogP contribution in [0.4, 0.5) is 4.79 Å². The lowest BCUT2D eigenvalue weighted by Gasteiger charge is -1.98. The molecule has 0 spiro atoms. The lowest BCUT2D eigenvalue weighted by atomic mass is 10.2. The predicted octanol–water partition coefficient (Wildman–Crippen LogP) is 2.14. The van der Waals surface area contributed by atoms with Gasteiger partial charge < -0.3 is 14.9 Å². The van der Waals surface area contributed by atoms with E-state index in [-0.39, 0.29) is 6.61 Å². The highest BCUT2D eigenvalue weighted by Crippen LogP contribution is 1.99. The zero-order valence-corrected chi connectivity index (χ0v) is 8.50. The van der Waals surface area contributed by atoms with Crippen molar-refractivity contribution in [3.63, 3.8) is 0 Å². The molecule has 0 saturated heterocycles. The molecule has 0 saturated carbocycles. The smallest absolute Gasteiger partial charge is 0.478 e. The summed E-state index contributed by atoms with van der Waals surface area (Å²) in [5, 5.41) is 15.8. The molecule has 0 amide bonds. The number of rotatable bonds is 3. The van der Waals surface area contributed by atoms with E-state index in [4.69, 9.17) is 10.2 Å². The van der Waals surface area contributed by atoms with Gasteiger partial charge >= 0.3 is 12.1 Å². The minimum atomic E-state index is -1.24. The first-order valence-electron chi connectivity index (χ1n) is 4.31. The Kier molecular flexibility index (Phi) is 6.89. The van der Waals surface area contributed by atoms with Crippen molar-refractivity contribution in [1.29, 1.82) is 0 Å². The van der Waals surface area contributed by atoms with Gasteiger partial charge in [-0.1, -0.05) is 36.9 Å². The van der Waals surface area contributed by atoms with E-state index in [1.807, 2.05) is 30.3 Å². The molecule has 0 aliphatic heterocycles. The first-order valence-corrected chi connectivity index (χ1v) is 4.31. The molecule has 0 heterocycles. The standard InChI is InChI=1S/C8H8O3.C3H4O2/c9-8(10)11-6-7-4-2-1-3-5-7;1-2-3(4)5/h1-5H,6H2,(H,9,10);2H,1H2,(H,4,5). The second-order valence-corrected chi connectivity index (χ2v) is 2.58. The molecule has 0 atom stereocenters. The average Bonchev–Trinajstić information content (AvgIpc) is 2.28. The van der Waals surface area contributed by atoms with Gasteiger partial charge in [-0.05, 0) is 5.56 Å². The molecular weight excluding hydrogens is 212 g/mol. The zero-order valence-electron chi connectivity index (χ0n) is 8.50. The van der Waals surface area contributed by atoms with Crippen molar-refractivity contribution >= 4 is 12.1 Å². The second-order valence-electron chi connectivity index (χ2n) is 2.58. The molecule has 0 unspecified atom stereocenters. The SMILES string of the molecule is C=CC(=O)O.O=C(O)OCc1ccccc1. The molecule has 2 N–H and O–H groups in total. The van der Waals surface area contributed by atoms with Gasteiger partial charge in [0.2, 0.25) is 0 Å². The maximum atomic E-state index is 9.95. The Balaban J connectivity index is 0.000000385. The van der Waals surface area contributed by atoms with Gasteiger partial charge in [0.15, 0.2) is 0 Å². The molecule has 0 aliphatic carbocycles. The third kappa shape index (κ3) is 8.31. The van der Waals surface area contributed by atoms with Gasteiger partial charge in [-0.15, -0.1) is 0 Å². The van der Waals surface area contributed by atoms with Gasteiger partial charge in [0, 0.05) is 6.08 Å². The molecule has 5 heteroatoms. The minimum absolute atomic E-state index is 0.121. The zero-order chi connectivity index (χ0) is 12.4. The van der Waals surface area contributed by atoms with Gasteiger partial charge in [0.1, 0.15) is 6.61 Å². The van der Waals surface area contributed by atoms with E-state index in [1.165, 1.54) is 0 Å². The lowest BCUT2D eigenvalue weighted by Crippen LogP contribution is -1.99. The molecule has 0 aromatic heterocycles. The summed E-state index contributed by atoms with van der Waals surface area (Å²) >= 11 is 0. The van der Waals surface area contributed by atoms with Crippen LogP contribution in [0.15, 0.2) is 43.0 Å². The van der Waals surface area contributed by atoms with E-state index in [9.17, 15) is 9.59 Å². The average molecular weight is 224 g/mol. The number of hydrogen-bond acceptors (Lipinski definition) is 3. The quantitative estimate of drug-likeness (QED) is 0.607. The van der Waals surface area contributed by atoms with Gasteiger partial charge in [-0.3, -0.25) is 0 Å². The van der Waals surface area contributed by atoms with Gasteiger partial charge in [-0.2, -0.15) is 0 Å². The second kappa shape index (κ2) is 8.05. The summed E-state index contributed by atoms with van der Waals surface area (Å²) in [6.45, 7) is 3.08. The van der Waals surface area contributed by atoms with Gasteiger partial charge in [0.05, 0.1) is 0 Å². The molecule has 0 bridgehead atoms. The first-order chi connectivity index (χ1) is 7.56. The maximum Gasteiger partial charge on any atom is 0.506 e. The van der Waals surface area contributed by atoms with Crippen LogP contribution in [0.2, 0.25) is 0 Å². The summed E-state index contributed by atoms with van der Waals surface area (Å²) in [5.74, 6) is -0.981. The molecule has 1 aromatic carbocycles. The Morgan fingerprint density at radius 3 is 2.12 bits per heavy atom. The number of ether oxygens (including phenoxy) is 1. The molecular formula is C11H12O5. The lowest BCUT2D eigenvalue weighted by molar-refractivity contribution is -0.131. The van der Waals surface area contributed by atoms with E-state index in [0.29, 0.717) is 0 Å². The van der Waals surface area contributed by atoms with Crippen LogP contribution in [0.5, 0.6) is 0 Å². The molecule has 16 heavy (non-hydrogen) atoms. The highest BCUT2D eigenvalue weighted by molar-refractivity contribution is 5.78. The number of carboxylic acids is 1. The molecule has 0 fully saturated rings. The monoisotopic (exact) mass is 224 g/mol. The summed E-state index contributed by atoms with van der Waals surface area (Å²) in [5.41, 5.74) is 0.856. The molecule has 1 rings (SSSR count). The number of carboxylic acid groups (broad SMARTS) is 2. The van der Waals surface area contributed by atoms with Crippen LogP contribution in [0.25, 0.3) is 0 Å². The number of carbonyl (C=O) groups is 2. The Morgan fingerprint density at radius 2 is 1.75 bits per heavy atom. The van der Waals surface area contributed by atoms with Gasteiger partial charge in [0.25, 0.3) is 0 Å². The fourth-order valence-corrected chi connectivity index (χ4v) is 0.719. The summed E-state index contributed by atoms with van der Waals surface area (Å²) < 4.78 is 4.34. The Labute approximate surface area is 92.6 Å². The molecule has 0 radical (unpaired) electrons. The Hall–Kier alpha value is -2.30. The van der Waals surface area contributed by atoms with E-state index in [1.54, 1.807) is 0 Å². The van der Waals surface area contributed by atoms with E-state index < -0.39 is 12.1 Å². The van der Waals surface area contributed by atoms with E-state index in [2.05, 4.69) is 11.3 Å². The van der Waals surface area contributed by atoms with Crippen molar-refractivity contribution in [2.75, 3.05) is 0 Å². The van der Waals surface area contributed by atoms with Crippen LogP contribution in [0.1, 0.15) is 5.56 Å². The third-order valence-electron chi connectivity index (χ3n) is 1.38. The normalized spacial score (nSPS) is 8.25. The Morgan fingerprint density at radius 1 is 1.25 bits per heavy atom. The van der Waals surface area contributed by atoms with Crippen molar-refractivity contribution in [2.24, 2.45) is 0 Å². The van der Waals surface area contributed by atoms with E-state index in [0.717, 1.165) is 11.6 Å². The van der Waals surface area contributed by atoms with Crippen molar-refractivity contribution < 1.29 is 24.5 Å². The third-order valence-corrected chi connectivity index (χ3v) is 1.38. The van der Waals surface area contributed by atoms with Crippen LogP contribution < -0.4 is 0 Å². The molecule has 86 valence electrons. The van der Waals surface area contributed by atoms with Crippen molar-refractivity contribution in [3.05, 3.63) is 48.6 Å². The van der Waals surface area contributed by atoms with Crippen LogP contribution in [-0.2, 0) is 16.1 Å². The van der Waals surface area contributed by atoms with Crippen LogP contribution in [0, 0.1) is 0 Å². The summed E-state index contributed by atoms with van der Waals surface area (Å²) in [4.78, 5) is 19.2. The van der Waals surface area contributed by atoms with Crippen LogP contribution in [-0.4, -0.2) is 22.3 Å². The molecule has 0 aliphatic rings. The number of benzene rings is 1. The fraction of sp³-hybridized carbons (Fsp3) is 0.0909. The Bertz CT molecular complexity index is 345. The summed E-state index contributed by atoms with van der Waals surface area (Å²) in [7, 11) is 0. The fourth-order valence-electron chi connectivity index (χ4n) is 0.719. The minimum Gasteiger partial charge on any atom is -0.478 e. The summed E-state index contributed by atoms with van der Waals surface area (Å²) in [6.07, 6.45) is -0.408. The highest BCUT2D eigenvalue weighted by atomic mass is 16.7. The molecule has 5 nitrogen and oxygen atoms in total. The molecule has 1 aromatic rings. The predicted molar refractivity (Wildman–Crippen MR) is 57.1 cm³/mol. The number of aliphatic carboxylic acids is 1. The number of hydrogen-bond donors (Lipinski definition) is 2. The van der Waals surface area contributed by atoms with Crippen LogP contribution in [0.3, 0.4) is 0 Å². The van der Waals surface area contributed by atoms with Crippen molar-refractivity contribution in [2.45, 2.75) is 6.61 Å². The highest BCUT2D eigenvalue weighted by Gasteiger charge is 1.95. The van der Waals surface area contributed by atoms with Crippen LogP contribution >= 0.6 is 0 Å². The maximum absolute atomic E-state index is 9.95. The topological polar surface area (TPSA) is 83.8 Å². The van der Waals surface area contributed by atoms with E-state index >= 15 is 0 Å². The van der Waals surface area contributed by atoms with Gasteiger partial charge in [-0.25, -0.2) is 9.59 Å². The first kappa shape index (κ1) is 13.7. The largest absolute Gasteiger partial charge is 0.506 e.